The van der Waals surface area contributed by atoms with E-state index in [4.69, 9.17) is 5.26 Å². The van der Waals surface area contributed by atoms with E-state index in [0.717, 1.165) is 0 Å². The second kappa shape index (κ2) is 2.69. The van der Waals surface area contributed by atoms with Crippen LogP contribution in [-0.2, 0) is 0 Å². The molecule has 0 unspecified atom stereocenters. The molecule has 0 aliphatic carbocycles. The Hall–Kier alpha value is -1.76. The highest BCUT2D eigenvalue weighted by Crippen LogP contribution is 1.93. The lowest BCUT2D eigenvalue weighted by Crippen LogP contribution is -2.09. The van der Waals surface area contributed by atoms with Crippen LogP contribution in [-0.4, -0.2) is 11.0 Å². The standard InChI is InChI=1S/C6H5N3O/c7-5-8-9-3-1-2-6(9)4-10/h1-4,8H. The van der Waals surface area contributed by atoms with Crippen molar-refractivity contribution in [3.05, 3.63) is 24.0 Å². The van der Waals surface area contributed by atoms with Gasteiger partial charge in [0.15, 0.2) is 12.5 Å². The summed E-state index contributed by atoms with van der Waals surface area (Å²) in [6.07, 6.45) is 3.96. The van der Waals surface area contributed by atoms with E-state index in [0.29, 0.717) is 12.0 Å². The fourth-order valence-corrected chi connectivity index (χ4v) is 0.646. The largest absolute Gasteiger partial charge is 0.296 e. The molecule has 1 rings (SSSR count). The summed E-state index contributed by atoms with van der Waals surface area (Å²) in [6.45, 7) is 0. The molecule has 0 saturated heterocycles. The number of rotatable bonds is 2. The fraction of sp³-hybridized carbons (Fsp3) is 0. The highest BCUT2D eigenvalue weighted by Gasteiger charge is 1.94. The molecular weight excluding hydrogens is 130 g/mol. The summed E-state index contributed by atoms with van der Waals surface area (Å²) in [7, 11) is 0. The Kier molecular flexibility index (Phi) is 1.71. The Labute approximate surface area is 57.7 Å². The number of aromatic nitrogens is 1. The molecule has 1 N–H and O–H groups in total. The quantitative estimate of drug-likeness (QED) is 0.361. The van der Waals surface area contributed by atoms with Gasteiger partial charge in [-0.2, -0.15) is 5.26 Å². The van der Waals surface area contributed by atoms with Crippen LogP contribution >= 0.6 is 0 Å². The number of nitriles is 1. The third kappa shape index (κ3) is 0.977. The topological polar surface area (TPSA) is 57.8 Å². The van der Waals surface area contributed by atoms with Crippen molar-refractivity contribution in [2.75, 3.05) is 5.43 Å². The minimum atomic E-state index is 0.432. The lowest BCUT2D eigenvalue weighted by Gasteiger charge is -1.97. The maximum absolute atomic E-state index is 10.2. The Morgan fingerprint density at radius 1 is 1.80 bits per heavy atom. The van der Waals surface area contributed by atoms with Gasteiger partial charge >= 0.3 is 0 Å². The first-order valence-corrected chi connectivity index (χ1v) is 2.66. The van der Waals surface area contributed by atoms with Crippen LogP contribution < -0.4 is 5.43 Å². The molecule has 1 aromatic heterocycles. The molecule has 1 heterocycles. The molecule has 0 aromatic carbocycles. The molecule has 0 amide bonds. The Morgan fingerprint density at radius 3 is 3.20 bits per heavy atom. The van der Waals surface area contributed by atoms with E-state index >= 15 is 0 Å². The molecule has 0 radical (unpaired) electrons. The lowest BCUT2D eigenvalue weighted by molar-refractivity contribution is 0.111. The fourth-order valence-electron chi connectivity index (χ4n) is 0.646. The summed E-state index contributed by atoms with van der Waals surface area (Å²) in [4.78, 5) is 10.2. The van der Waals surface area contributed by atoms with Crippen molar-refractivity contribution in [3.63, 3.8) is 0 Å². The summed E-state index contributed by atoms with van der Waals surface area (Å²) < 4.78 is 1.34. The number of hydrogen-bond donors (Lipinski definition) is 1. The predicted molar refractivity (Wildman–Crippen MR) is 34.8 cm³/mol. The normalized spacial score (nSPS) is 8.30. The second-order valence-corrected chi connectivity index (χ2v) is 1.64. The lowest BCUT2D eigenvalue weighted by atomic mass is 10.5. The van der Waals surface area contributed by atoms with Crippen molar-refractivity contribution in [2.45, 2.75) is 0 Å². The number of carbonyl (C=O) groups excluding carboxylic acids is 1. The minimum Gasteiger partial charge on any atom is -0.296 e. The highest BCUT2D eigenvalue weighted by atomic mass is 16.1. The molecule has 0 saturated carbocycles. The zero-order valence-corrected chi connectivity index (χ0v) is 5.11. The van der Waals surface area contributed by atoms with E-state index < -0.39 is 0 Å². The number of nitrogens with one attached hydrogen (secondary N) is 1. The van der Waals surface area contributed by atoms with Gasteiger partial charge in [0.25, 0.3) is 0 Å². The van der Waals surface area contributed by atoms with Crippen molar-refractivity contribution >= 4 is 6.29 Å². The first-order valence-electron chi connectivity index (χ1n) is 2.66. The summed E-state index contributed by atoms with van der Waals surface area (Å²) in [5, 5.41) is 8.16. The average molecular weight is 135 g/mol. The van der Waals surface area contributed by atoms with Crippen molar-refractivity contribution in [1.82, 2.24) is 4.68 Å². The van der Waals surface area contributed by atoms with Gasteiger partial charge in [0.05, 0.1) is 0 Å². The van der Waals surface area contributed by atoms with Gasteiger partial charge < -0.3 is 0 Å². The molecule has 4 nitrogen and oxygen atoms in total. The number of nitrogens with zero attached hydrogens (tertiary/aromatic N) is 2. The van der Waals surface area contributed by atoms with Crippen LogP contribution in [0.25, 0.3) is 0 Å². The zero-order valence-electron chi connectivity index (χ0n) is 5.11. The Bertz CT molecular complexity index is 271. The van der Waals surface area contributed by atoms with E-state index in [-0.39, 0.29) is 0 Å². The maximum atomic E-state index is 10.2. The van der Waals surface area contributed by atoms with E-state index in [2.05, 4.69) is 5.43 Å². The van der Waals surface area contributed by atoms with Crippen LogP contribution in [0, 0.1) is 11.5 Å². The summed E-state index contributed by atoms with van der Waals surface area (Å²) in [5.74, 6) is 0. The first-order chi connectivity index (χ1) is 4.88. The highest BCUT2D eigenvalue weighted by molar-refractivity contribution is 5.72. The molecule has 0 atom stereocenters. The molecular formula is C6H5N3O. The van der Waals surface area contributed by atoms with Gasteiger partial charge in [-0.1, -0.05) is 0 Å². The molecule has 10 heavy (non-hydrogen) atoms. The molecule has 0 aliphatic heterocycles. The SMILES string of the molecule is N#CNn1cccc1C=O. The van der Waals surface area contributed by atoms with Gasteiger partial charge in [-0.25, -0.2) is 5.43 Å². The van der Waals surface area contributed by atoms with Crippen molar-refractivity contribution in [1.29, 1.82) is 5.26 Å². The first kappa shape index (κ1) is 6.36. The molecule has 0 aliphatic rings. The molecule has 4 heteroatoms. The zero-order chi connectivity index (χ0) is 7.40. The van der Waals surface area contributed by atoms with E-state index in [1.807, 2.05) is 0 Å². The smallest absolute Gasteiger partial charge is 0.197 e. The summed E-state index contributed by atoms with van der Waals surface area (Å²) in [6, 6.07) is 3.28. The molecule has 50 valence electrons. The molecule has 1 aromatic rings. The van der Waals surface area contributed by atoms with Gasteiger partial charge in [-0.15, -0.1) is 0 Å². The monoisotopic (exact) mass is 135 g/mol. The number of hydrogen-bond acceptors (Lipinski definition) is 3. The third-order valence-corrected chi connectivity index (χ3v) is 1.07. The van der Waals surface area contributed by atoms with E-state index in [9.17, 15) is 4.79 Å². The molecule has 0 bridgehead atoms. The Balaban J connectivity index is 2.92. The van der Waals surface area contributed by atoms with Crippen LogP contribution in [0.2, 0.25) is 0 Å². The van der Waals surface area contributed by atoms with Gasteiger partial charge in [0.1, 0.15) is 5.69 Å². The van der Waals surface area contributed by atoms with Gasteiger partial charge in [0, 0.05) is 6.20 Å². The Morgan fingerprint density at radius 2 is 2.60 bits per heavy atom. The number of aldehydes is 1. The molecule has 0 spiro atoms. The van der Waals surface area contributed by atoms with Crippen LogP contribution in [0.1, 0.15) is 10.5 Å². The maximum Gasteiger partial charge on any atom is 0.197 e. The predicted octanol–water partition coefficient (Wildman–Crippen LogP) is 0.325. The van der Waals surface area contributed by atoms with Crippen molar-refractivity contribution in [3.8, 4) is 6.19 Å². The number of carbonyl (C=O) groups is 1. The molecule has 0 fully saturated rings. The van der Waals surface area contributed by atoms with Crippen molar-refractivity contribution < 1.29 is 4.79 Å². The van der Waals surface area contributed by atoms with E-state index in [1.165, 1.54) is 4.68 Å². The van der Waals surface area contributed by atoms with Crippen molar-refractivity contribution in [2.24, 2.45) is 0 Å². The van der Waals surface area contributed by atoms with Crippen LogP contribution in [0.4, 0.5) is 0 Å². The third-order valence-electron chi connectivity index (χ3n) is 1.07. The van der Waals surface area contributed by atoms with Crippen LogP contribution in [0.5, 0.6) is 0 Å². The van der Waals surface area contributed by atoms with E-state index in [1.54, 1.807) is 24.5 Å². The van der Waals surface area contributed by atoms with Gasteiger partial charge in [0.2, 0.25) is 0 Å². The summed E-state index contributed by atoms with van der Waals surface area (Å²) >= 11 is 0. The second-order valence-electron chi connectivity index (χ2n) is 1.64. The summed E-state index contributed by atoms with van der Waals surface area (Å²) in [5.41, 5.74) is 2.73. The van der Waals surface area contributed by atoms with Gasteiger partial charge in [-0.05, 0) is 12.1 Å². The average Bonchev–Trinajstić information content (AvgIpc) is 2.36. The van der Waals surface area contributed by atoms with Crippen LogP contribution in [0.3, 0.4) is 0 Å². The minimum absolute atomic E-state index is 0.432. The van der Waals surface area contributed by atoms with Gasteiger partial charge in [-0.3, -0.25) is 9.47 Å². The van der Waals surface area contributed by atoms with Crippen LogP contribution in [0.15, 0.2) is 18.3 Å².